The molecule has 4 heteroatoms. The topological polar surface area (TPSA) is 12.4 Å². The number of alkyl halides is 3. The molecule has 0 heterocycles. The van der Waals surface area contributed by atoms with Gasteiger partial charge in [0.15, 0.2) is 0 Å². The van der Waals surface area contributed by atoms with Gasteiger partial charge in [0.2, 0.25) is 0 Å². The number of nitrogens with zero attached hydrogens (tertiary/aromatic N) is 1. The highest BCUT2D eigenvalue weighted by Crippen LogP contribution is 2.34. The molecule has 0 radical (unpaired) electrons. The second kappa shape index (κ2) is 5.12. The zero-order valence-electron chi connectivity index (χ0n) is 11.1. The van der Waals surface area contributed by atoms with Crippen molar-refractivity contribution < 1.29 is 13.2 Å². The Hall–Kier alpha value is -1.32. The van der Waals surface area contributed by atoms with Crippen LogP contribution in [-0.2, 0) is 6.18 Å². The van der Waals surface area contributed by atoms with Gasteiger partial charge in [-0.2, -0.15) is 13.2 Å². The number of hydrogen-bond acceptors (Lipinski definition) is 1. The average molecular weight is 257 g/mol. The Labute approximate surface area is 106 Å². The number of halogens is 3. The minimum atomic E-state index is -4.34. The van der Waals surface area contributed by atoms with Crippen LogP contribution >= 0.6 is 0 Å². The molecule has 1 aromatic rings. The third kappa shape index (κ3) is 3.86. The summed E-state index contributed by atoms with van der Waals surface area (Å²) in [5.41, 5.74) is -0.0409. The van der Waals surface area contributed by atoms with Crippen LogP contribution in [0.4, 0.5) is 13.2 Å². The summed E-state index contributed by atoms with van der Waals surface area (Å²) in [6, 6.07) is 5.59. The summed E-state index contributed by atoms with van der Waals surface area (Å²) in [6.45, 7) is 5.94. The monoisotopic (exact) mass is 257 g/mol. The fourth-order valence-corrected chi connectivity index (χ4v) is 1.78. The lowest BCUT2D eigenvalue weighted by Crippen LogP contribution is -2.18. The molecule has 0 aliphatic carbocycles. The smallest absolute Gasteiger partial charge is 0.292 e. The maximum Gasteiger partial charge on any atom is 0.417 e. The van der Waals surface area contributed by atoms with Crippen molar-refractivity contribution >= 4 is 5.71 Å². The summed E-state index contributed by atoms with van der Waals surface area (Å²) >= 11 is 0. The van der Waals surface area contributed by atoms with Gasteiger partial charge in [-0.3, -0.25) is 4.99 Å². The summed E-state index contributed by atoms with van der Waals surface area (Å²) in [7, 11) is 1.54. The number of hydrogen-bond donors (Lipinski definition) is 0. The molecular formula is C14H18F3N. The van der Waals surface area contributed by atoms with Crippen molar-refractivity contribution in [2.45, 2.75) is 33.4 Å². The summed E-state index contributed by atoms with van der Waals surface area (Å²) in [6.07, 6.45) is -3.83. The molecule has 0 saturated heterocycles. The first kappa shape index (κ1) is 14.7. The fourth-order valence-electron chi connectivity index (χ4n) is 1.78. The van der Waals surface area contributed by atoms with Crippen molar-refractivity contribution in [2.75, 3.05) is 7.05 Å². The Balaban J connectivity index is 3.24. The molecule has 100 valence electrons. The molecule has 0 saturated carbocycles. The molecule has 0 fully saturated rings. The predicted octanol–water partition coefficient (Wildman–Crippen LogP) is 4.56. The third-order valence-corrected chi connectivity index (χ3v) is 2.51. The zero-order valence-corrected chi connectivity index (χ0v) is 11.1. The lowest BCUT2D eigenvalue weighted by Gasteiger charge is -2.21. The SMILES string of the molecule is CN=C(CC(C)(C)C)c1ccccc1C(F)(F)F. The average Bonchev–Trinajstić information content (AvgIpc) is 2.23. The van der Waals surface area contributed by atoms with Crippen LogP contribution in [0.15, 0.2) is 29.3 Å². The van der Waals surface area contributed by atoms with E-state index < -0.39 is 11.7 Å². The van der Waals surface area contributed by atoms with Crippen LogP contribution in [0.5, 0.6) is 0 Å². The van der Waals surface area contributed by atoms with Crippen LogP contribution in [0, 0.1) is 5.41 Å². The Bertz CT molecular complexity index is 439. The summed E-state index contributed by atoms with van der Waals surface area (Å²) in [5.74, 6) is 0. The minimum Gasteiger partial charge on any atom is -0.292 e. The molecule has 0 atom stereocenters. The quantitative estimate of drug-likeness (QED) is 0.689. The van der Waals surface area contributed by atoms with Gasteiger partial charge in [0, 0.05) is 18.3 Å². The molecule has 0 spiro atoms. The number of aliphatic imine (C=N–C) groups is 1. The van der Waals surface area contributed by atoms with Crippen LogP contribution in [0.1, 0.15) is 38.3 Å². The predicted molar refractivity (Wildman–Crippen MR) is 68.0 cm³/mol. The van der Waals surface area contributed by atoms with E-state index in [0.29, 0.717) is 12.1 Å². The first-order chi connectivity index (χ1) is 8.15. The Kier molecular flexibility index (Phi) is 4.20. The van der Waals surface area contributed by atoms with Crippen molar-refractivity contribution in [3.8, 4) is 0 Å². The second-order valence-corrected chi connectivity index (χ2v) is 5.45. The number of benzene rings is 1. The molecular weight excluding hydrogens is 239 g/mol. The molecule has 0 aliphatic rings. The van der Waals surface area contributed by atoms with Gasteiger partial charge >= 0.3 is 6.18 Å². The largest absolute Gasteiger partial charge is 0.417 e. The highest BCUT2D eigenvalue weighted by Gasteiger charge is 2.34. The van der Waals surface area contributed by atoms with E-state index in [1.165, 1.54) is 19.2 Å². The van der Waals surface area contributed by atoms with Gasteiger partial charge in [0.05, 0.1) is 5.56 Å². The van der Waals surface area contributed by atoms with Crippen LogP contribution in [0.3, 0.4) is 0 Å². The standard InChI is InChI=1S/C14H18F3N/c1-13(2,3)9-12(18-4)10-7-5-6-8-11(10)14(15,16)17/h5-8H,9H2,1-4H3. The lowest BCUT2D eigenvalue weighted by atomic mass is 9.86. The van der Waals surface area contributed by atoms with E-state index in [2.05, 4.69) is 4.99 Å². The molecule has 1 rings (SSSR count). The van der Waals surface area contributed by atoms with Gasteiger partial charge in [0.1, 0.15) is 0 Å². The summed E-state index contributed by atoms with van der Waals surface area (Å²) < 4.78 is 38.8. The van der Waals surface area contributed by atoms with Gasteiger partial charge in [-0.05, 0) is 17.9 Å². The van der Waals surface area contributed by atoms with Crippen molar-refractivity contribution in [3.05, 3.63) is 35.4 Å². The number of rotatable bonds is 2. The molecule has 0 amide bonds. The van der Waals surface area contributed by atoms with Crippen molar-refractivity contribution in [3.63, 3.8) is 0 Å². The molecule has 1 aromatic carbocycles. The Morgan fingerprint density at radius 2 is 1.67 bits per heavy atom. The minimum absolute atomic E-state index is 0.104. The van der Waals surface area contributed by atoms with Gasteiger partial charge in [0.25, 0.3) is 0 Å². The van der Waals surface area contributed by atoms with E-state index in [-0.39, 0.29) is 11.0 Å². The normalized spacial score (nSPS) is 13.8. The van der Waals surface area contributed by atoms with Crippen LogP contribution in [0.2, 0.25) is 0 Å². The van der Waals surface area contributed by atoms with Crippen LogP contribution < -0.4 is 0 Å². The third-order valence-electron chi connectivity index (χ3n) is 2.51. The van der Waals surface area contributed by atoms with Crippen molar-refractivity contribution in [1.29, 1.82) is 0 Å². The van der Waals surface area contributed by atoms with E-state index >= 15 is 0 Å². The molecule has 0 bridgehead atoms. The first-order valence-corrected chi connectivity index (χ1v) is 5.77. The summed E-state index contributed by atoms with van der Waals surface area (Å²) in [4.78, 5) is 4.03. The van der Waals surface area contributed by atoms with E-state index in [1.807, 2.05) is 20.8 Å². The molecule has 18 heavy (non-hydrogen) atoms. The molecule has 0 aliphatic heterocycles. The lowest BCUT2D eigenvalue weighted by molar-refractivity contribution is -0.137. The maximum atomic E-state index is 12.9. The highest BCUT2D eigenvalue weighted by atomic mass is 19.4. The van der Waals surface area contributed by atoms with E-state index in [0.717, 1.165) is 6.07 Å². The van der Waals surface area contributed by atoms with E-state index in [4.69, 9.17) is 0 Å². The zero-order chi connectivity index (χ0) is 14.0. The van der Waals surface area contributed by atoms with Gasteiger partial charge in [-0.25, -0.2) is 0 Å². The summed E-state index contributed by atoms with van der Waals surface area (Å²) in [5, 5.41) is 0. The Morgan fingerprint density at radius 1 is 1.11 bits per heavy atom. The van der Waals surface area contributed by atoms with Crippen molar-refractivity contribution in [1.82, 2.24) is 0 Å². The molecule has 1 nitrogen and oxygen atoms in total. The van der Waals surface area contributed by atoms with Crippen molar-refractivity contribution in [2.24, 2.45) is 10.4 Å². The highest BCUT2D eigenvalue weighted by molar-refractivity contribution is 6.02. The van der Waals surface area contributed by atoms with Gasteiger partial charge in [-0.1, -0.05) is 39.0 Å². The molecule has 0 N–H and O–H groups in total. The molecule has 0 unspecified atom stereocenters. The van der Waals surface area contributed by atoms with Gasteiger partial charge < -0.3 is 0 Å². The van der Waals surface area contributed by atoms with E-state index in [1.54, 1.807) is 6.07 Å². The Morgan fingerprint density at radius 3 is 2.11 bits per heavy atom. The maximum absolute atomic E-state index is 12.9. The van der Waals surface area contributed by atoms with Gasteiger partial charge in [-0.15, -0.1) is 0 Å². The molecule has 0 aromatic heterocycles. The van der Waals surface area contributed by atoms with E-state index in [9.17, 15) is 13.2 Å². The fraction of sp³-hybridized carbons (Fsp3) is 0.500. The van der Waals surface area contributed by atoms with Crippen LogP contribution in [0.25, 0.3) is 0 Å². The first-order valence-electron chi connectivity index (χ1n) is 5.77. The van der Waals surface area contributed by atoms with Crippen LogP contribution in [-0.4, -0.2) is 12.8 Å². The second-order valence-electron chi connectivity index (χ2n) is 5.45.